The van der Waals surface area contributed by atoms with E-state index in [0.717, 1.165) is 50.4 Å². The van der Waals surface area contributed by atoms with Crippen molar-refractivity contribution in [2.75, 3.05) is 25.0 Å². The predicted octanol–water partition coefficient (Wildman–Crippen LogP) is 2.93. The van der Waals surface area contributed by atoms with E-state index < -0.39 is 0 Å². The summed E-state index contributed by atoms with van der Waals surface area (Å²) in [6.07, 6.45) is 3.18. The van der Waals surface area contributed by atoms with Gasteiger partial charge in [0.25, 0.3) is 0 Å². The molecule has 0 aromatic heterocycles. The van der Waals surface area contributed by atoms with Crippen LogP contribution in [-0.4, -0.2) is 19.7 Å². The second-order valence-electron chi connectivity index (χ2n) is 4.27. The molecule has 0 saturated carbocycles. The molecular formula is C14H24N2O. The molecule has 0 radical (unpaired) electrons. The van der Waals surface area contributed by atoms with Crippen LogP contribution in [0.4, 0.5) is 5.69 Å². The summed E-state index contributed by atoms with van der Waals surface area (Å²) < 4.78 is 5.71. The van der Waals surface area contributed by atoms with Crippen molar-refractivity contribution in [2.24, 2.45) is 5.73 Å². The van der Waals surface area contributed by atoms with Gasteiger partial charge in [0.1, 0.15) is 5.75 Å². The SMILES string of the molecule is CCCOc1ccc(C)cc1NCCCCN. The Bertz CT molecular complexity index is 326. The van der Waals surface area contributed by atoms with Gasteiger partial charge in [-0.05, 0) is 50.4 Å². The quantitative estimate of drug-likeness (QED) is 0.682. The zero-order valence-corrected chi connectivity index (χ0v) is 11.0. The van der Waals surface area contributed by atoms with Gasteiger partial charge in [0.15, 0.2) is 0 Å². The number of rotatable bonds is 8. The molecule has 0 aliphatic carbocycles. The second kappa shape index (κ2) is 7.96. The highest BCUT2D eigenvalue weighted by Gasteiger charge is 2.03. The molecule has 0 aliphatic rings. The van der Waals surface area contributed by atoms with Crippen LogP contribution in [0, 0.1) is 6.92 Å². The lowest BCUT2D eigenvalue weighted by Crippen LogP contribution is -2.07. The minimum Gasteiger partial charge on any atom is -0.491 e. The van der Waals surface area contributed by atoms with Crippen LogP contribution in [0.15, 0.2) is 18.2 Å². The number of aryl methyl sites for hydroxylation is 1. The van der Waals surface area contributed by atoms with Crippen molar-refractivity contribution >= 4 is 5.69 Å². The third-order valence-corrected chi connectivity index (χ3v) is 2.54. The summed E-state index contributed by atoms with van der Waals surface area (Å²) in [7, 11) is 0. The van der Waals surface area contributed by atoms with Crippen molar-refractivity contribution in [1.82, 2.24) is 0 Å². The topological polar surface area (TPSA) is 47.3 Å². The molecule has 0 heterocycles. The molecule has 0 bridgehead atoms. The molecule has 0 fully saturated rings. The first-order valence-corrected chi connectivity index (χ1v) is 6.45. The van der Waals surface area contributed by atoms with E-state index in [-0.39, 0.29) is 0 Å². The van der Waals surface area contributed by atoms with Crippen LogP contribution < -0.4 is 15.8 Å². The minimum atomic E-state index is 0.759. The molecule has 0 aliphatic heterocycles. The zero-order valence-electron chi connectivity index (χ0n) is 11.0. The molecule has 0 saturated heterocycles. The third-order valence-electron chi connectivity index (χ3n) is 2.54. The lowest BCUT2D eigenvalue weighted by Gasteiger charge is -2.13. The summed E-state index contributed by atoms with van der Waals surface area (Å²) >= 11 is 0. The largest absolute Gasteiger partial charge is 0.491 e. The summed E-state index contributed by atoms with van der Waals surface area (Å²) in [5, 5.41) is 3.42. The average molecular weight is 236 g/mol. The normalized spacial score (nSPS) is 10.3. The van der Waals surface area contributed by atoms with Gasteiger partial charge in [0.2, 0.25) is 0 Å². The standard InChI is InChI=1S/C14H24N2O/c1-3-10-17-14-7-6-12(2)11-13(14)16-9-5-4-8-15/h6-7,11,16H,3-5,8-10,15H2,1-2H3. The van der Waals surface area contributed by atoms with Crippen LogP contribution in [0.5, 0.6) is 5.75 Å². The Hall–Kier alpha value is -1.22. The Morgan fingerprint density at radius 2 is 2.12 bits per heavy atom. The summed E-state index contributed by atoms with van der Waals surface area (Å²) in [4.78, 5) is 0. The van der Waals surface area contributed by atoms with Gasteiger partial charge in [0, 0.05) is 6.54 Å². The predicted molar refractivity (Wildman–Crippen MR) is 73.7 cm³/mol. The van der Waals surface area contributed by atoms with Gasteiger partial charge in [-0.15, -0.1) is 0 Å². The van der Waals surface area contributed by atoms with E-state index in [4.69, 9.17) is 10.5 Å². The van der Waals surface area contributed by atoms with E-state index in [2.05, 4.69) is 31.3 Å². The molecule has 3 N–H and O–H groups in total. The smallest absolute Gasteiger partial charge is 0.142 e. The maximum atomic E-state index is 5.71. The molecule has 3 nitrogen and oxygen atoms in total. The van der Waals surface area contributed by atoms with Crippen LogP contribution in [0.3, 0.4) is 0 Å². The van der Waals surface area contributed by atoms with Crippen LogP contribution in [0.2, 0.25) is 0 Å². The zero-order chi connectivity index (χ0) is 12.5. The summed E-state index contributed by atoms with van der Waals surface area (Å²) in [5.74, 6) is 0.949. The molecule has 1 aromatic carbocycles. The van der Waals surface area contributed by atoms with E-state index in [0.29, 0.717) is 0 Å². The Morgan fingerprint density at radius 3 is 2.82 bits per heavy atom. The van der Waals surface area contributed by atoms with Crippen LogP contribution in [-0.2, 0) is 0 Å². The lowest BCUT2D eigenvalue weighted by atomic mass is 10.2. The molecule has 0 amide bonds. The van der Waals surface area contributed by atoms with E-state index in [1.54, 1.807) is 0 Å². The Labute approximate surface area is 104 Å². The van der Waals surface area contributed by atoms with E-state index in [1.807, 2.05) is 6.07 Å². The summed E-state index contributed by atoms with van der Waals surface area (Å²) in [6.45, 7) is 6.68. The molecule has 1 aromatic rings. The molecule has 3 heteroatoms. The molecule has 0 unspecified atom stereocenters. The number of benzene rings is 1. The van der Waals surface area contributed by atoms with Gasteiger partial charge in [-0.1, -0.05) is 13.0 Å². The van der Waals surface area contributed by atoms with E-state index in [9.17, 15) is 0 Å². The Balaban J connectivity index is 2.56. The van der Waals surface area contributed by atoms with Crippen molar-refractivity contribution in [3.63, 3.8) is 0 Å². The van der Waals surface area contributed by atoms with Crippen molar-refractivity contribution in [2.45, 2.75) is 33.1 Å². The Kier molecular flexibility index (Phi) is 6.48. The minimum absolute atomic E-state index is 0.759. The van der Waals surface area contributed by atoms with Crippen molar-refractivity contribution in [3.8, 4) is 5.75 Å². The number of hydrogen-bond donors (Lipinski definition) is 2. The average Bonchev–Trinajstić information content (AvgIpc) is 2.33. The van der Waals surface area contributed by atoms with Crippen LogP contribution >= 0.6 is 0 Å². The van der Waals surface area contributed by atoms with Gasteiger partial charge < -0.3 is 15.8 Å². The first kappa shape index (κ1) is 13.8. The maximum absolute atomic E-state index is 5.71. The van der Waals surface area contributed by atoms with Crippen molar-refractivity contribution in [3.05, 3.63) is 23.8 Å². The monoisotopic (exact) mass is 236 g/mol. The molecule has 0 atom stereocenters. The molecule has 0 spiro atoms. The van der Waals surface area contributed by atoms with Gasteiger partial charge in [-0.2, -0.15) is 0 Å². The molecule has 17 heavy (non-hydrogen) atoms. The van der Waals surface area contributed by atoms with Gasteiger partial charge >= 0.3 is 0 Å². The summed E-state index contributed by atoms with van der Waals surface area (Å²) in [5.41, 5.74) is 7.81. The highest BCUT2D eigenvalue weighted by Crippen LogP contribution is 2.25. The molecule has 1 rings (SSSR count). The van der Waals surface area contributed by atoms with Gasteiger partial charge in [-0.25, -0.2) is 0 Å². The molecule has 96 valence electrons. The second-order valence-corrected chi connectivity index (χ2v) is 4.27. The van der Waals surface area contributed by atoms with E-state index >= 15 is 0 Å². The number of nitrogens with two attached hydrogens (primary N) is 1. The number of nitrogens with one attached hydrogen (secondary N) is 1. The number of unbranched alkanes of at least 4 members (excludes halogenated alkanes) is 1. The summed E-state index contributed by atoms with van der Waals surface area (Å²) in [6, 6.07) is 6.25. The molecular weight excluding hydrogens is 212 g/mol. The first-order valence-electron chi connectivity index (χ1n) is 6.45. The highest BCUT2D eigenvalue weighted by molar-refractivity contribution is 5.57. The van der Waals surface area contributed by atoms with Crippen LogP contribution in [0.1, 0.15) is 31.7 Å². The fourth-order valence-corrected chi connectivity index (χ4v) is 1.61. The lowest BCUT2D eigenvalue weighted by molar-refractivity contribution is 0.319. The highest BCUT2D eigenvalue weighted by atomic mass is 16.5. The number of hydrogen-bond acceptors (Lipinski definition) is 3. The van der Waals surface area contributed by atoms with Gasteiger partial charge in [0.05, 0.1) is 12.3 Å². The van der Waals surface area contributed by atoms with Crippen LogP contribution in [0.25, 0.3) is 0 Å². The van der Waals surface area contributed by atoms with Gasteiger partial charge in [-0.3, -0.25) is 0 Å². The number of anilines is 1. The fourth-order valence-electron chi connectivity index (χ4n) is 1.61. The third kappa shape index (κ3) is 5.09. The van der Waals surface area contributed by atoms with Crippen molar-refractivity contribution < 1.29 is 4.74 Å². The van der Waals surface area contributed by atoms with E-state index in [1.165, 1.54) is 5.56 Å². The maximum Gasteiger partial charge on any atom is 0.142 e. The number of ether oxygens (including phenoxy) is 1. The fraction of sp³-hybridized carbons (Fsp3) is 0.571. The van der Waals surface area contributed by atoms with Crippen molar-refractivity contribution in [1.29, 1.82) is 0 Å². The first-order chi connectivity index (χ1) is 8.27. The Morgan fingerprint density at radius 1 is 1.29 bits per heavy atom.